The Bertz CT molecular complexity index is 830. The van der Waals surface area contributed by atoms with E-state index in [2.05, 4.69) is 5.32 Å². The van der Waals surface area contributed by atoms with Gasteiger partial charge in [-0.3, -0.25) is 4.79 Å². The van der Waals surface area contributed by atoms with Crippen molar-refractivity contribution in [2.75, 3.05) is 11.1 Å². The normalized spacial score (nSPS) is 10.8. The van der Waals surface area contributed by atoms with Crippen LogP contribution < -0.4 is 11.1 Å². The molecule has 1 heterocycles. The van der Waals surface area contributed by atoms with Gasteiger partial charge in [0, 0.05) is 15.8 Å². The van der Waals surface area contributed by atoms with E-state index in [4.69, 9.17) is 17.3 Å². The summed E-state index contributed by atoms with van der Waals surface area (Å²) in [6, 6.07) is 10.9. The fraction of sp³-hybridized carbons (Fsp3) is 0. The maximum Gasteiger partial charge on any atom is 0.267 e. The summed E-state index contributed by atoms with van der Waals surface area (Å²) in [6.45, 7) is 0. The van der Waals surface area contributed by atoms with Crippen molar-refractivity contribution in [1.29, 1.82) is 0 Å². The van der Waals surface area contributed by atoms with Crippen molar-refractivity contribution in [3.05, 3.63) is 58.2 Å². The second kappa shape index (κ2) is 5.35. The van der Waals surface area contributed by atoms with Crippen LogP contribution in [-0.2, 0) is 0 Å². The number of benzene rings is 2. The first-order chi connectivity index (χ1) is 10.1. The van der Waals surface area contributed by atoms with Crippen molar-refractivity contribution < 1.29 is 9.18 Å². The smallest absolute Gasteiger partial charge is 0.267 e. The molecule has 3 rings (SSSR count). The zero-order valence-electron chi connectivity index (χ0n) is 10.7. The SMILES string of the molecule is Nc1c(C(=O)Nc2ccc(F)cc2)sc2cccc(Cl)c12. The Kier molecular flexibility index (Phi) is 3.53. The van der Waals surface area contributed by atoms with E-state index in [1.807, 2.05) is 12.1 Å². The second-order valence-electron chi connectivity index (χ2n) is 4.42. The van der Waals surface area contributed by atoms with Gasteiger partial charge in [0.15, 0.2) is 0 Å². The van der Waals surface area contributed by atoms with Gasteiger partial charge in [-0.1, -0.05) is 17.7 Å². The number of rotatable bonds is 2. The molecule has 21 heavy (non-hydrogen) atoms. The highest BCUT2D eigenvalue weighted by atomic mass is 35.5. The Morgan fingerprint density at radius 3 is 2.57 bits per heavy atom. The maximum atomic E-state index is 12.8. The maximum absolute atomic E-state index is 12.8. The molecule has 3 N–H and O–H groups in total. The van der Waals surface area contributed by atoms with E-state index >= 15 is 0 Å². The standard InChI is InChI=1S/C15H10ClFN2OS/c16-10-2-1-3-11-12(10)13(18)14(21-11)15(20)19-9-6-4-8(17)5-7-9/h1-7H,18H2,(H,19,20). The molecule has 0 spiro atoms. The number of halogens is 2. The Labute approximate surface area is 129 Å². The minimum atomic E-state index is -0.360. The Hall–Kier alpha value is -2.11. The highest BCUT2D eigenvalue weighted by molar-refractivity contribution is 7.21. The fourth-order valence-electron chi connectivity index (χ4n) is 2.02. The molecule has 0 aliphatic rings. The number of thiophene rings is 1. The number of fused-ring (bicyclic) bond motifs is 1. The summed E-state index contributed by atoms with van der Waals surface area (Å²) in [5, 5.41) is 3.89. The predicted octanol–water partition coefficient (Wildman–Crippen LogP) is 4.53. The molecular weight excluding hydrogens is 311 g/mol. The van der Waals surface area contributed by atoms with Crippen LogP contribution in [0.1, 0.15) is 9.67 Å². The largest absolute Gasteiger partial charge is 0.397 e. The summed E-state index contributed by atoms with van der Waals surface area (Å²) < 4.78 is 13.7. The topological polar surface area (TPSA) is 55.1 Å². The third-order valence-electron chi connectivity index (χ3n) is 3.01. The average molecular weight is 321 g/mol. The average Bonchev–Trinajstić information content (AvgIpc) is 2.80. The van der Waals surface area contributed by atoms with Crippen molar-refractivity contribution in [3.63, 3.8) is 0 Å². The fourth-order valence-corrected chi connectivity index (χ4v) is 3.40. The van der Waals surface area contributed by atoms with E-state index in [1.165, 1.54) is 35.6 Å². The molecule has 0 aliphatic carbocycles. The molecule has 6 heteroatoms. The van der Waals surface area contributed by atoms with Gasteiger partial charge >= 0.3 is 0 Å². The van der Waals surface area contributed by atoms with Crippen LogP contribution in [0.4, 0.5) is 15.8 Å². The van der Waals surface area contributed by atoms with Crippen molar-refractivity contribution in [2.24, 2.45) is 0 Å². The van der Waals surface area contributed by atoms with E-state index in [1.54, 1.807) is 6.07 Å². The van der Waals surface area contributed by atoms with Crippen molar-refractivity contribution in [2.45, 2.75) is 0 Å². The van der Waals surface area contributed by atoms with E-state index in [0.29, 0.717) is 26.7 Å². The van der Waals surface area contributed by atoms with Crippen LogP contribution in [0.2, 0.25) is 5.02 Å². The van der Waals surface area contributed by atoms with E-state index < -0.39 is 0 Å². The molecule has 0 saturated carbocycles. The number of hydrogen-bond donors (Lipinski definition) is 2. The lowest BCUT2D eigenvalue weighted by Crippen LogP contribution is -2.11. The number of anilines is 2. The molecular formula is C15H10ClFN2OS. The molecule has 0 aliphatic heterocycles. The number of amides is 1. The predicted molar refractivity (Wildman–Crippen MR) is 85.6 cm³/mol. The minimum Gasteiger partial charge on any atom is -0.397 e. The second-order valence-corrected chi connectivity index (χ2v) is 5.88. The van der Waals surface area contributed by atoms with Crippen molar-refractivity contribution >= 4 is 50.3 Å². The molecule has 0 bridgehead atoms. The van der Waals surface area contributed by atoms with Crippen LogP contribution in [0.15, 0.2) is 42.5 Å². The first kappa shape index (κ1) is 13.9. The number of nitrogen functional groups attached to an aromatic ring is 1. The zero-order chi connectivity index (χ0) is 15.0. The number of nitrogens with one attached hydrogen (secondary N) is 1. The minimum absolute atomic E-state index is 0.337. The molecule has 0 fully saturated rings. The van der Waals surface area contributed by atoms with E-state index in [0.717, 1.165) is 4.70 Å². The molecule has 3 aromatic rings. The van der Waals surface area contributed by atoms with Crippen LogP contribution in [-0.4, -0.2) is 5.91 Å². The number of nitrogens with two attached hydrogens (primary N) is 1. The van der Waals surface area contributed by atoms with Crippen molar-refractivity contribution in [3.8, 4) is 0 Å². The highest BCUT2D eigenvalue weighted by Gasteiger charge is 2.18. The molecule has 1 aromatic heterocycles. The number of carbonyl (C=O) groups excluding carboxylic acids is 1. The summed E-state index contributed by atoms with van der Waals surface area (Å²) in [5.41, 5.74) is 6.89. The molecule has 0 radical (unpaired) electrons. The number of hydrogen-bond acceptors (Lipinski definition) is 3. The van der Waals surface area contributed by atoms with Crippen molar-refractivity contribution in [1.82, 2.24) is 0 Å². The van der Waals surface area contributed by atoms with Crippen LogP contribution in [0.25, 0.3) is 10.1 Å². The van der Waals surface area contributed by atoms with Gasteiger partial charge in [-0.25, -0.2) is 4.39 Å². The van der Waals surface area contributed by atoms with Gasteiger partial charge < -0.3 is 11.1 Å². The van der Waals surface area contributed by atoms with Gasteiger partial charge in [0.05, 0.1) is 10.7 Å². The Balaban J connectivity index is 1.96. The lowest BCUT2D eigenvalue weighted by atomic mass is 10.2. The van der Waals surface area contributed by atoms with E-state index in [9.17, 15) is 9.18 Å². The lowest BCUT2D eigenvalue weighted by Gasteiger charge is -2.04. The molecule has 3 nitrogen and oxygen atoms in total. The third-order valence-corrected chi connectivity index (χ3v) is 4.49. The van der Waals surface area contributed by atoms with Crippen LogP contribution in [0.5, 0.6) is 0 Å². The molecule has 0 unspecified atom stereocenters. The summed E-state index contributed by atoms with van der Waals surface area (Å²) in [6.07, 6.45) is 0. The molecule has 2 aromatic carbocycles. The zero-order valence-corrected chi connectivity index (χ0v) is 12.3. The van der Waals surface area contributed by atoms with Gasteiger partial charge in [0.1, 0.15) is 10.7 Å². The van der Waals surface area contributed by atoms with Crippen LogP contribution in [0, 0.1) is 5.82 Å². The highest BCUT2D eigenvalue weighted by Crippen LogP contribution is 2.38. The Morgan fingerprint density at radius 1 is 1.19 bits per heavy atom. The molecule has 0 saturated heterocycles. The first-order valence-electron chi connectivity index (χ1n) is 6.09. The van der Waals surface area contributed by atoms with Gasteiger partial charge in [-0.15, -0.1) is 11.3 Å². The Morgan fingerprint density at radius 2 is 1.90 bits per heavy atom. The van der Waals surface area contributed by atoms with E-state index in [-0.39, 0.29) is 11.7 Å². The monoisotopic (exact) mass is 320 g/mol. The summed E-state index contributed by atoms with van der Waals surface area (Å²) >= 11 is 7.38. The van der Waals surface area contributed by atoms with Crippen LogP contribution in [0.3, 0.4) is 0 Å². The lowest BCUT2D eigenvalue weighted by molar-refractivity contribution is 0.103. The summed E-state index contributed by atoms with van der Waals surface area (Å²) in [4.78, 5) is 12.7. The van der Waals surface area contributed by atoms with Gasteiger partial charge in [-0.05, 0) is 36.4 Å². The molecule has 0 atom stereocenters. The first-order valence-corrected chi connectivity index (χ1v) is 7.29. The number of carbonyl (C=O) groups is 1. The summed E-state index contributed by atoms with van der Waals surface area (Å²) in [7, 11) is 0. The quantitative estimate of drug-likeness (QED) is 0.729. The molecule has 106 valence electrons. The molecule has 1 amide bonds. The van der Waals surface area contributed by atoms with Gasteiger partial charge in [-0.2, -0.15) is 0 Å². The van der Waals surface area contributed by atoms with Gasteiger partial charge in [0.2, 0.25) is 0 Å². The van der Waals surface area contributed by atoms with Gasteiger partial charge in [0.25, 0.3) is 5.91 Å². The summed E-state index contributed by atoms with van der Waals surface area (Å²) in [5.74, 6) is -0.697. The van der Waals surface area contributed by atoms with Crippen LogP contribution >= 0.6 is 22.9 Å². The third kappa shape index (κ3) is 2.57.